The maximum atomic E-state index is 12.2. The summed E-state index contributed by atoms with van der Waals surface area (Å²) in [5.74, 6) is -0.775. The van der Waals surface area contributed by atoms with Crippen LogP contribution < -0.4 is 4.74 Å². The predicted molar refractivity (Wildman–Crippen MR) is 101 cm³/mol. The number of likely N-dealkylation sites (N-methyl/N-ethyl adjacent to an activating group) is 1. The number of rotatable bonds is 5. The van der Waals surface area contributed by atoms with Crippen molar-refractivity contribution >= 4 is 78.1 Å². The third-order valence-corrected chi connectivity index (χ3v) is 5.40. The molecule has 23 heavy (non-hydrogen) atoms. The quantitative estimate of drug-likeness (QED) is 0.509. The Kier molecular flexibility index (Phi) is 6.24. The molecule has 0 radical (unpaired) electrons. The van der Waals surface area contributed by atoms with E-state index in [0.717, 1.165) is 5.56 Å². The van der Waals surface area contributed by atoms with Gasteiger partial charge in [-0.25, -0.2) is 4.79 Å². The first-order chi connectivity index (χ1) is 10.8. The van der Waals surface area contributed by atoms with Crippen molar-refractivity contribution in [2.24, 2.45) is 0 Å². The fourth-order valence-electron chi connectivity index (χ4n) is 1.86. The van der Waals surface area contributed by atoms with Crippen LogP contribution in [0.4, 0.5) is 0 Å². The largest absolute Gasteiger partial charge is 0.480 e. The van der Waals surface area contributed by atoms with Crippen LogP contribution in [0.15, 0.2) is 26.0 Å². The molecule has 1 aliphatic heterocycles. The van der Waals surface area contributed by atoms with Crippen LogP contribution >= 0.6 is 55.8 Å². The Balaban J connectivity index is 2.28. The number of nitrogens with zero attached hydrogens (tertiary/aromatic N) is 1. The molecule has 1 aromatic carbocycles. The Labute approximate surface area is 159 Å². The number of hydrogen-bond donors (Lipinski definition) is 1. The first-order valence-corrected chi connectivity index (χ1v) is 9.23. The Bertz CT molecular complexity index is 698. The normalized spacial score (nSPS) is 16.3. The second-order valence-corrected chi connectivity index (χ2v) is 7.81. The number of carbonyl (C=O) groups excluding carboxylic acids is 1. The highest BCUT2D eigenvalue weighted by molar-refractivity contribution is 9.11. The lowest BCUT2D eigenvalue weighted by molar-refractivity contribution is -0.139. The van der Waals surface area contributed by atoms with E-state index in [9.17, 15) is 9.59 Å². The molecule has 1 aliphatic rings. The monoisotopic (exact) mass is 479 g/mol. The lowest BCUT2D eigenvalue weighted by atomic mass is 10.2. The predicted octanol–water partition coefficient (Wildman–Crippen LogP) is 3.90. The van der Waals surface area contributed by atoms with E-state index in [1.54, 1.807) is 23.1 Å². The van der Waals surface area contributed by atoms with Crippen LogP contribution in [-0.2, 0) is 9.59 Å². The van der Waals surface area contributed by atoms with E-state index < -0.39 is 12.6 Å². The van der Waals surface area contributed by atoms with Crippen LogP contribution in [0, 0.1) is 0 Å². The topological polar surface area (TPSA) is 66.8 Å². The minimum atomic E-state index is -1.06. The molecule has 0 aliphatic carbocycles. The van der Waals surface area contributed by atoms with Gasteiger partial charge in [-0.2, -0.15) is 0 Å². The molecule has 0 spiro atoms. The van der Waals surface area contributed by atoms with Crippen molar-refractivity contribution in [3.63, 3.8) is 0 Å². The molecule has 0 saturated carbocycles. The minimum absolute atomic E-state index is 0.110. The molecule has 1 N–H and O–H groups in total. The number of amides is 1. The Morgan fingerprint density at radius 2 is 2.04 bits per heavy atom. The van der Waals surface area contributed by atoms with Crippen molar-refractivity contribution in [2.75, 3.05) is 13.2 Å². The summed E-state index contributed by atoms with van der Waals surface area (Å²) in [6, 6.07) is 3.50. The third kappa shape index (κ3) is 4.34. The van der Waals surface area contributed by atoms with E-state index >= 15 is 0 Å². The van der Waals surface area contributed by atoms with E-state index in [1.165, 1.54) is 11.8 Å². The van der Waals surface area contributed by atoms with Crippen molar-refractivity contribution in [3.8, 4) is 5.75 Å². The molecule has 0 atom stereocenters. The number of benzene rings is 1. The first-order valence-electron chi connectivity index (χ1n) is 6.42. The van der Waals surface area contributed by atoms with Crippen molar-refractivity contribution in [1.29, 1.82) is 0 Å². The van der Waals surface area contributed by atoms with Gasteiger partial charge in [-0.15, -0.1) is 0 Å². The van der Waals surface area contributed by atoms with Crippen LogP contribution in [0.5, 0.6) is 5.75 Å². The molecule has 1 fully saturated rings. The third-order valence-electron chi connectivity index (χ3n) is 2.85. The summed E-state index contributed by atoms with van der Waals surface area (Å²) in [6.07, 6.45) is 1.74. The van der Waals surface area contributed by atoms with Gasteiger partial charge in [0.25, 0.3) is 5.91 Å². The number of carbonyl (C=O) groups is 2. The number of ether oxygens (including phenoxy) is 1. The fourth-order valence-corrected chi connectivity index (χ4v) is 4.69. The second-order valence-electron chi connectivity index (χ2n) is 4.42. The summed E-state index contributed by atoms with van der Waals surface area (Å²) in [4.78, 5) is 24.9. The number of carboxylic acid groups (broad SMARTS) is 1. The average Bonchev–Trinajstić information content (AvgIpc) is 2.71. The summed E-state index contributed by atoms with van der Waals surface area (Å²) in [6.45, 7) is 1.97. The molecule has 1 saturated heterocycles. The summed E-state index contributed by atoms with van der Waals surface area (Å²) in [7, 11) is 0. The second kappa shape index (κ2) is 7.78. The summed E-state index contributed by atoms with van der Waals surface area (Å²) in [5.41, 5.74) is 0.767. The van der Waals surface area contributed by atoms with Gasteiger partial charge in [-0.05, 0) is 62.6 Å². The van der Waals surface area contributed by atoms with Gasteiger partial charge in [0.1, 0.15) is 10.1 Å². The van der Waals surface area contributed by atoms with Gasteiger partial charge >= 0.3 is 5.97 Å². The smallest absolute Gasteiger partial charge is 0.341 e. The lowest BCUT2D eigenvalue weighted by Crippen LogP contribution is -2.27. The SMILES string of the molecule is CCN1C(=O)C(=Cc2cc(Br)c(OCC(=O)O)c(Br)c2)SC1=S. The Morgan fingerprint density at radius 3 is 2.52 bits per heavy atom. The lowest BCUT2D eigenvalue weighted by Gasteiger charge is -2.10. The highest BCUT2D eigenvalue weighted by Crippen LogP contribution is 2.37. The zero-order valence-corrected chi connectivity index (χ0v) is 16.6. The number of halogens is 2. The number of carboxylic acids is 1. The van der Waals surface area contributed by atoms with Crippen LogP contribution in [-0.4, -0.2) is 39.4 Å². The van der Waals surface area contributed by atoms with E-state index in [2.05, 4.69) is 31.9 Å². The van der Waals surface area contributed by atoms with Crippen LogP contribution in [0.2, 0.25) is 0 Å². The molecule has 1 heterocycles. The fraction of sp³-hybridized carbons (Fsp3) is 0.214. The number of thiocarbonyl (C=S) groups is 1. The Morgan fingerprint density at radius 1 is 1.43 bits per heavy atom. The first kappa shape index (κ1) is 18.4. The molecule has 1 amide bonds. The molecular weight excluding hydrogens is 470 g/mol. The highest BCUT2D eigenvalue weighted by atomic mass is 79.9. The number of aliphatic carboxylic acids is 1. The van der Waals surface area contributed by atoms with Gasteiger partial charge in [0.2, 0.25) is 0 Å². The number of hydrogen-bond acceptors (Lipinski definition) is 5. The standard InChI is InChI=1S/C14H11Br2NO4S2/c1-2-17-13(20)10(23-14(17)22)5-7-3-8(15)12(9(16)4-7)21-6-11(18)19/h3-5H,2,6H2,1H3,(H,18,19). The van der Waals surface area contributed by atoms with Gasteiger partial charge < -0.3 is 9.84 Å². The van der Waals surface area contributed by atoms with Gasteiger partial charge in [-0.1, -0.05) is 24.0 Å². The van der Waals surface area contributed by atoms with E-state index in [1.807, 2.05) is 6.92 Å². The van der Waals surface area contributed by atoms with Crippen molar-refractivity contribution in [3.05, 3.63) is 31.5 Å². The summed E-state index contributed by atoms with van der Waals surface area (Å²) >= 11 is 13.1. The zero-order valence-electron chi connectivity index (χ0n) is 11.8. The minimum Gasteiger partial charge on any atom is -0.480 e. The molecule has 1 aromatic rings. The summed E-state index contributed by atoms with van der Waals surface area (Å²) < 4.78 is 6.93. The average molecular weight is 481 g/mol. The van der Waals surface area contributed by atoms with Crippen molar-refractivity contribution < 1.29 is 19.4 Å². The molecule has 2 rings (SSSR count). The molecule has 0 aromatic heterocycles. The highest BCUT2D eigenvalue weighted by Gasteiger charge is 2.30. The van der Waals surface area contributed by atoms with E-state index in [-0.39, 0.29) is 5.91 Å². The van der Waals surface area contributed by atoms with Crippen molar-refractivity contribution in [2.45, 2.75) is 6.92 Å². The van der Waals surface area contributed by atoms with Gasteiger partial charge in [0.05, 0.1) is 13.9 Å². The van der Waals surface area contributed by atoms with E-state index in [4.69, 9.17) is 22.1 Å². The maximum Gasteiger partial charge on any atom is 0.341 e. The zero-order chi connectivity index (χ0) is 17.1. The molecule has 9 heteroatoms. The van der Waals surface area contributed by atoms with E-state index in [0.29, 0.717) is 30.5 Å². The van der Waals surface area contributed by atoms with Crippen LogP contribution in [0.1, 0.15) is 12.5 Å². The number of thioether (sulfide) groups is 1. The van der Waals surface area contributed by atoms with Gasteiger partial charge in [0.15, 0.2) is 6.61 Å². The van der Waals surface area contributed by atoms with Crippen LogP contribution in [0.25, 0.3) is 6.08 Å². The van der Waals surface area contributed by atoms with Crippen molar-refractivity contribution in [1.82, 2.24) is 4.90 Å². The van der Waals surface area contributed by atoms with Gasteiger partial charge in [0, 0.05) is 6.54 Å². The molecule has 122 valence electrons. The molecule has 5 nitrogen and oxygen atoms in total. The molecule has 0 bridgehead atoms. The van der Waals surface area contributed by atoms with Gasteiger partial charge in [-0.3, -0.25) is 9.69 Å². The maximum absolute atomic E-state index is 12.2. The molecular formula is C14H11Br2NO4S2. The summed E-state index contributed by atoms with van der Waals surface area (Å²) in [5, 5.41) is 8.68. The van der Waals surface area contributed by atoms with Crippen LogP contribution in [0.3, 0.4) is 0 Å². The molecule has 0 unspecified atom stereocenters. The Hall–Kier alpha value is -0.900.